The average molecular weight is 612 g/mol. The minimum absolute atomic E-state index is 0.00344. The number of rotatable bonds is 8. The van der Waals surface area contributed by atoms with Gasteiger partial charge in [-0.25, -0.2) is 0 Å². The van der Waals surface area contributed by atoms with Crippen molar-refractivity contribution in [3.63, 3.8) is 0 Å². The standard InChI is InChI=1S/C41H41NO2S/c1-40(2,3)32-16-8-28(9-17-32)38(43)30-12-20-34(21-13-30)42(36-24-26-37(45-7)27-25-36)35-22-14-31(15-23-35)39(44)29-10-18-33(19-11-29)41(4,5)6/h8-27H,1-7H3. The molecule has 3 nitrogen and oxygen atoms in total. The van der Waals surface area contributed by atoms with E-state index in [1.165, 1.54) is 16.0 Å². The van der Waals surface area contributed by atoms with Gasteiger partial charge in [0.15, 0.2) is 11.6 Å². The summed E-state index contributed by atoms with van der Waals surface area (Å²) < 4.78 is 0. The van der Waals surface area contributed by atoms with E-state index in [2.05, 4.69) is 77.0 Å². The summed E-state index contributed by atoms with van der Waals surface area (Å²) in [6.07, 6.45) is 2.06. The van der Waals surface area contributed by atoms with E-state index in [9.17, 15) is 9.59 Å². The van der Waals surface area contributed by atoms with Crippen molar-refractivity contribution < 1.29 is 9.59 Å². The summed E-state index contributed by atoms with van der Waals surface area (Å²) in [4.78, 5) is 30.0. The van der Waals surface area contributed by atoms with Gasteiger partial charge in [0.25, 0.3) is 0 Å². The first-order valence-electron chi connectivity index (χ1n) is 15.3. The Bertz CT molecular complexity index is 1660. The largest absolute Gasteiger partial charge is 0.311 e. The Balaban J connectivity index is 1.43. The van der Waals surface area contributed by atoms with Crippen LogP contribution in [0.15, 0.2) is 126 Å². The number of hydrogen-bond donors (Lipinski definition) is 0. The van der Waals surface area contributed by atoms with Crippen LogP contribution >= 0.6 is 11.8 Å². The predicted octanol–water partition coefficient (Wildman–Crippen LogP) is 10.9. The minimum Gasteiger partial charge on any atom is -0.311 e. The van der Waals surface area contributed by atoms with Crippen LogP contribution in [0.3, 0.4) is 0 Å². The molecule has 0 amide bonds. The van der Waals surface area contributed by atoms with Crippen LogP contribution < -0.4 is 4.90 Å². The molecule has 5 aromatic carbocycles. The summed E-state index contributed by atoms with van der Waals surface area (Å²) in [5, 5.41) is 0. The lowest BCUT2D eigenvalue weighted by atomic mass is 9.86. The van der Waals surface area contributed by atoms with Crippen LogP contribution in [-0.2, 0) is 10.8 Å². The van der Waals surface area contributed by atoms with Crippen molar-refractivity contribution in [2.75, 3.05) is 11.2 Å². The maximum absolute atomic E-state index is 13.3. The topological polar surface area (TPSA) is 37.4 Å². The summed E-state index contributed by atoms with van der Waals surface area (Å²) in [5.74, 6) is -0.00689. The quantitative estimate of drug-likeness (QED) is 0.129. The molecule has 0 fully saturated rings. The first kappa shape index (κ1) is 32.0. The number of benzene rings is 5. The van der Waals surface area contributed by atoms with Gasteiger partial charge >= 0.3 is 0 Å². The van der Waals surface area contributed by atoms with E-state index in [0.29, 0.717) is 22.3 Å². The Labute approximate surface area is 272 Å². The van der Waals surface area contributed by atoms with Crippen LogP contribution in [-0.4, -0.2) is 17.8 Å². The van der Waals surface area contributed by atoms with Gasteiger partial charge in [-0.15, -0.1) is 11.8 Å². The molecule has 5 aromatic rings. The van der Waals surface area contributed by atoms with Crippen molar-refractivity contribution in [3.05, 3.63) is 155 Å². The average Bonchev–Trinajstić information content (AvgIpc) is 3.04. The van der Waals surface area contributed by atoms with Crippen LogP contribution in [0.2, 0.25) is 0 Å². The van der Waals surface area contributed by atoms with Crippen LogP contribution in [0.1, 0.15) is 84.5 Å². The van der Waals surface area contributed by atoms with Crippen LogP contribution in [0.5, 0.6) is 0 Å². The van der Waals surface area contributed by atoms with Crippen molar-refractivity contribution in [2.45, 2.75) is 57.3 Å². The number of carbonyl (C=O) groups excluding carboxylic acids is 2. The molecular formula is C41H41NO2S. The third-order valence-electron chi connectivity index (χ3n) is 8.13. The molecule has 0 heterocycles. The Morgan fingerprint density at radius 3 is 0.978 bits per heavy atom. The van der Waals surface area contributed by atoms with E-state index in [0.717, 1.165) is 17.1 Å². The lowest BCUT2D eigenvalue weighted by Gasteiger charge is -2.26. The molecule has 0 aliphatic heterocycles. The van der Waals surface area contributed by atoms with Gasteiger partial charge in [0.2, 0.25) is 0 Å². The zero-order valence-corrected chi connectivity index (χ0v) is 28.0. The maximum atomic E-state index is 13.3. The molecule has 0 aliphatic rings. The molecule has 45 heavy (non-hydrogen) atoms. The molecular weight excluding hydrogens is 571 g/mol. The number of anilines is 3. The van der Waals surface area contributed by atoms with Gasteiger partial charge in [0.1, 0.15) is 0 Å². The van der Waals surface area contributed by atoms with Crippen LogP contribution in [0.25, 0.3) is 0 Å². The van der Waals surface area contributed by atoms with Gasteiger partial charge in [-0.05, 0) is 101 Å². The van der Waals surface area contributed by atoms with Crippen molar-refractivity contribution in [2.24, 2.45) is 0 Å². The highest BCUT2D eigenvalue weighted by Gasteiger charge is 2.19. The summed E-state index contributed by atoms with van der Waals surface area (Å²) >= 11 is 1.70. The van der Waals surface area contributed by atoms with Crippen LogP contribution in [0.4, 0.5) is 17.1 Å². The summed E-state index contributed by atoms with van der Waals surface area (Å²) in [5.41, 5.74) is 7.91. The normalized spacial score (nSPS) is 11.7. The fraction of sp³-hybridized carbons (Fsp3) is 0.220. The molecule has 0 bridgehead atoms. The monoisotopic (exact) mass is 611 g/mol. The highest BCUT2D eigenvalue weighted by molar-refractivity contribution is 7.98. The van der Waals surface area contributed by atoms with E-state index in [1.807, 2.05) is 97.1 Å². The van der Waals surface area contributed by atoms with Gasteiger partial charge in [-0.1, -0.05) is 90.1 Å². The zero-order chi connectivity index (χ0) is 32.4. The molecule has 0 spiro atoms. The molecule has 4 heteroatoms. The lowest BCUT2D eigenvalue weighted by Crippen LogP contribution is -2.12. The van der Waals surface area contributed by atoms with Gasteiger partial charge in [-0.2, -0.15) is 0 Å². The van der Waals surface area contributed by atoms with E-state index < -0.39 is 0 Å². The van der Waals surface area contributed by atoms with Gasteiger partial charge in [0.05, 0.1) is 0 Å². The molecule has 0 aromatic heterocycles. The summed E-state index contributed by atoms with van der Waals surface area (Å²) in [7, 11) is 0. The number of carbonyl (C=O) groups is 2. The maximum Gasteiger partial charge on any atom is 0.193 e. The van der Waals surface area contributed by atoms with E-state index in [4.69, 9.17) is 0 Å². The smallest absolute Gasteiger partial charge is 0.193 e. The first-order valence-corrected chi connectivity index (χ1v) is 16.5. The molecule has 5 rings (SSSR count). The molecule has 0 aliphatic carbocycles. The third-order valence-corrected chi connectivity index (χ3v) is 8.88. The number of nitrogens with zero attached hydrogens (tertiary/aromatic N) is 1. The Kier molecular flexibility index (Phi) is 9.18. The molecule has 0 N–H and O–H groups in total. The van der Waals surface area contributed by atoms with E-state index in [1.54, 1.807) is 11.8 Å². The SMILES string of the molecule is CSc1ccc(N(c2ccc(C(=O)c3ccc(C(C)(C)C)cc3)cc2)c2ccc(C(=O)c3ccc(C(C)(C)C)cc3)cc2)cc1. The van der Waals surface area contributed by atoms with Gasteiger partial charge < -0.3 is 4.90 Å². The second kappa shape index (κ2) is 12.9. The van der Waals surface area contributed by atoms with Crippen LogP contribution in [0, 0.1) is 0 Å². The zero-order valence-electron chi connectivity index (χ0n) is 27.2. The number of thioether (sulfide) groups is 1. The van der Waals surface area contributed by atoms with Gasteiger partial charge in [-0.3, -0.25) is 9.59 Å². The van der Waals surface area contributed by atoms with E-state index >= 15 is 0 Å². The summed E-state index contributed by atoms with van der Waals surface area (Å²) in [6, 6.07) is 39.7. The minimum atomic E-state index is -0.00344. The van der Waals surface area contributed by atoms with Crippen molar-refractivity contribution in [1.29, 1.82) is 0 Å². The lowest BCUT2D eigenvalue weighted by molar-refractivity contribution is 0.103. The molecule has 0 atom stereocenters. The first-order chi connectivity index (χ1) is 21.3. The molecule has 0 saturated heterocycles. The van der Waals surface area contributed by atoms with Crippen molar-refractivity contribution in [1.82, 2.24) is 0 Å². The highest BCUT2D eigenvalue weighted by atomic mass is 32.2. The molecule has 228 valence electrons. The molecule has 0 saturated carbocycles. The van der Waals surface area contributed by atoms with E-state index in [-0.39, 0.29) is 22.4 Å². The Morgan fingerprint density at radius 2 is 0.711 bits per heavy atom. The van der Waals surface area contributed by atoms with Crippen molar-refractivity contribution >= 4 is 40.4 Å². The fourth-order valence-electron chi connectivity index (χ4n) is 5.28. The highest BCUT2D eigenvalue weighted by Crippen LogP contribution is 2.36. The second-order valence-corrected chi connectivity index (χ2v) is 14.3. The Hall–Kier alpha value is -4.41. The predicted molar refractivity (Wildman–Crippen MR) is 190 cm³/mol. The van der Waals surface area contributed by atoms with Crippen molar-refractivity contribution in [3.8, 4) is 0 Å². The van der Waals surface area contributed by atoms with Gasteiger partial charge in [0, 0.05) is 44.2 Å². The number of hydrogen-bond acceptors (Lipinski definition) is 4. The number of ketones is 2. The third kappa shape index (κ3) is 7.29. The molecule has 0 radical (unpaired) electrons. The second-order valence-electron chi connectivity index (χ2n) is 13.4. The fourth-order valence-corrected chi connectivity index (χ4v) is 5.69. The molecule has 0 unspecified atom stereocenters. The summed E-state index contributed by atoms with van der Waals surface area (Å²) in [6.45, 7) is 13.0. The Morgan fingerprint density at radius 1 is 0.444 bits per heavy atom.